The minimum Gasteiger partial charge on any atom is -0.478 e. The van der Waals surface area contributed by atoms with Crippen molar-refractivity contribution < 1.29 is 14.3 Å². The van der Waals surface area contributed by atoms with Crippen LogP contribution >= 0.6 is 23.2 Å². The van der Waals surface area contributed by atoms with Crippen molar-refractivity contribution in [2.45, 2.75) is 6.42 Å². The van der Waals surface area contributed by atoms with E-state index in [1.807, 2.05) is 0 Å². The fourth-order valence-corrected chi connectivity index (χ4v) is 2.19. The summed E-state index contributed by atoms with van der Waals surface area (Å²) >= 11 is 11.9. The minimum atomic E-state index is -1.10. The van der Waals surface area contributed by atoms with E-state index < -0.39 is 11.8 Å². The number of hydrogen-bond acceptors (Lipinski definition) is 1. The molecule has 0 atom stereocenters. The average molecular weight is 299 g/mol. The maximum absolute atomic E-state index is 13.2. The van der Waals surface area contributed by atoms with Crippen molar-refractivity contribution in [1.29, 1.82) is 0 Å². The predicted octanol–water partition coefficient (Wildman–Crippen LogP) is 4.42. The monoisotopic (exact) mass is 298 g/mol. The number of halogens is 3. The van der Waals surface area contributed by atoms with Gasteiger partial charge in [-0.15, -0.1) is 0 Å². The van der Waals surface area contributed by atoms with Crippen LogP contribution in [0.5, 0.6) is 0 Å². The van der Waals surface area contributed by atoms with Gasteiger partial charge in [0.25, 0.3) is 0 Å². The molecule has 2 rings (SSSR count). The second kappa shape index (κ2) is 5.59. The first kappa shape index (κ1) is 13.8. The number of hydrogen-bond donors (Lipinski definition) is 1. The minimum absolute atomic E-state index is 0.0532. The van der Waals surface area contributed by atoms with E-state index in [1.165, 1.54) is 12.1 Å². The van der Waals surface area contributed by atoms with E-state index in [0.29, 0.717) is 21.2 Å². The number of carboxylic acid groups (broad SMARTS) is 1. The first-order chi connectivity index (χ1) is 8.99. The van der Waals surface area contributed by atoms with Gasteiger partial charge in [0.15, 0.2) is 0 Å². The molecule has 19 heavy (non-hydrogen) atoms. The van der Waals surface area contributed by atoms with Crippen LogP contribution < -0.4 is 0 Å². The van der Waals surface area contributed by atoms with Crippen LogP contribution in [-0.2, 0) is 6.42 Å². The van der Waals surface area contributed by atoms with Crippen molar-refractivity contribution in [3.8, 4) is 0 Å². The lowest BCUT2D eigenvalue weighted by molar-refractivity contribution is 0.0696. The summed E-state index contributed by atoms with van der Waals surface area (Å²) in [5.74, 6) is -1.59. The first-order valence-corrected chi connectivity index (χ1v) is 6.19. The van der Waals surface area contributed by atoms with Gasteiger partial charge in [-0.2, -0.15) is 0 Å². The zero-order valence-corrected chi connectivity index (χ0v) is 11.2. The first-order valence-electron chi connectivity index (χ1n) is 5.43. The number of benzene rings is 2. The summed E-state index contributed by atoms with van der Waals surface area (Å²) in [6.45, 7) is 0. The van der Waals surface area contributed by atoms with E-state index in [0.717, 1.165) is 6.07 Å². The molecule has 0 spiro atoms. The summed E-state index contributed by atoms with van der Waals surface area (Å²) < 4.78 is 13.2. The molecule has 0 bridgehead atoms. The highest BCUT2D eigenvalue weighted by molar-refractivity contribution is 6.42. The maximum Gasteiger partial charge on any atom is 0.335 e. The van der Waals surface area contributed by atoms with Crippen molar-refractivity contribution >= 4 is 29.2 Å². The fraction of sp³-hybridized carbons (Fsp3) is 0.0714. The molecule has 0 unspecified atom stereocenters. The summed E-state index contributed by atoms with van der Waals surface area (Å²) in [6, 6.07) is 8.63. The third-order valence-electron chi connectivity index (χ3n) is 2.71. The normalized spacial score (nSPS) is 10.5. The molecule has 2 aromatic rings. The Kier molecular flexibility index (Phi) is 4.08. The van der Waals surface area contributed by atoms with Crippen LogP contribution in [0.3, 0.4) is 0 Å². The van der Waals surface area contributed by atoms with Crippen LogP contribution in [-0.4, -0.2) is 11.1 Å². The molecule has 0 aliphatic carbocycles. The quantitative estimate of drug-likeness (QED) is 0.910. The number of carbonyl (C=O) groups is 1. The highest BCUT2D eigenvalue weighted by Gasteiger charge is 2.13. The molecule has 98 valence electrons. The van der Waals surface area contributed by atoms with Crippen LogP contribution in [0.15, 0.2) is 36.4 Å². The average Bonchev–Trinajstić information content (AvgIpc) is 2.35. The Labute approximate surface area is 119 Å². The van der Waals surface area contributed by atoms with Crippen molar-refractivity contribution in [3.05, 3.63) is 69.0 Å². The third kappa shape index (κ3) is 3.06. The third-order valence-corrected chi connectivity index (χ3v) is 3.57. The fourth-order valence-electron chi connectivity index (χ4n) is 1.81. The number of carboxylic acids is 1. The van der Waals surface area contributed by atoms with Crippen LogP contribution in [0.1, 0.15) is 21.5 Å². The smallest absolute Gasteiger partial charge is 0.335 e. The van der Waals surface area contributed by atoms with E-state index in [-0.39, 0.29) is 12.0 Å². The highest BCUT2D eigenvalue weighted by atomic mass is 35.5. The standard InChI is InChI=1S/C14H9Cl2FO2/c15-12-3-1-2-8(13(12)16)6-9-7-10(17)4-5-11(9)14(18)19/h1-5,7H,6H2,(H,18,19). The maximum atomic E-state index is 13.2. The lowest BCUT2D eigenvalue weighted by Crippen LogP contribution is -2.04. The molecule has 2 nitrogen and oxygen atoms in total. The van der Waals surface area contributed by atoms with Crippen molar-refractivity contribution in [3.63, 3.8) is 0 Å². The van der Waals surface area contributed by atoms with Gasteiger partial charge in [0.1, 0.15) is 5.82 Å². The summed E-state index contributed by atoms with van der Waals surface area (Å²) in [5, 5.41) is 9.81. The van der Waals surface area contributed by atoms with E-state index in [9.17, 15) is 9.18 Å². The highest BCUT2D eigenvalue weighted by Crippen LogP contribution is 2.28. The summed E-state index contributed by atoms with van der Waals surface area (Å²) in [5.41, 5.74) is 1.07. The Morgan fingerprint density at radius 2 is 1.89 bits per heavy atom. The second-order valence-corrected chi connectivity index (χ2v) is 4.78. The molecule has 1 N–H and O–H groups in total. The van der Waals surface area contributed by atoms with Crippen LogP contribution in [0.2, 0.25) is 10.0 Å². The lowest BCUT2D eigenvalue weighted by Gasteiger charge is -2.09. The van der Waals surface area contributed by atoms with E-state index in [4.69, 9.17) is 28.3 Å². The van der Waals surface area contributed by atoms with Crippen LogP contribution in [0.4, 0.5) is 4.39 Å². The van der Waals surface area contributed by atoms with Gasteiger partial charge in [-0.3, -0.25) is 0 Å². The molecule has 0 fully saturated rings. The molecule has 0 aromatic heterocycles. The number of rotatable bonds is 3. The van der Waals surface area contributed by atoms with Gasteiger partial charge in [0.05, 0.1) is 15.6 Å². The molecular formula is C14H9Cl2FO2. The lowest BCUT2D eigenvalue weighted by atomic mass is 9.99. The molecular weight excluding hydrogens is 290 g/mol. The zero-order chi connectivity index (χ0) is 14.0. The summed E-state index contributed by atoms with van der Waals surface area (Å²) in [6.07, 6.45) is 0.207. The Morgan fingerprint density at radius 3 is 2.58 bits per heavy atom. The predicted molar refractivity (Wildman–Crippen MR) is 72.6 cm³/mol. The van der Waals surface area contributed by atoms with Crippen molar-refractivity contribution in [2.24, 2.45) is 0 Å². The van der Waals surface area contributed by atoms with Crippen molar-refractivity contribution in [1.82, 2.24) is 0 Å². The van der Waals surface area contributed by atoms with Crippen molar-refractivity contribution in [2.75, 3.05) is 0 Å². The Hall–Kier alpha value is -1.58. The van der Waals surface area contributed by atoms with E-state index in [1.54, 1.807) is 18.2 Å². The Bertz CT molecular complexity index is 641. The Morgan fingerprint density at radius 1 is 1.16 bits per heavy atom. The molecule has 0 aliphatic heterocycles. The zero-order valence-electron chi connectivity index (χ0n) is 9.66. The SMILES string of the molecule is O=C(O)c1ccc(F)cc1Cc1cccc(Cl)c1Cl. The van der Waals surface area contributed by atoms with Gasteiger partial charge < -0.3 is 5.11 Å². The molecule has 0 saturated carbocycles. The van der Waals surface area contributed by atoms with Gasteiger partial charge >= 0.3 is 5.97 Å². The van der Waals surface area contributed by atoms with Crippen LogP contribution in [0.25, 0.3) is 0 Å². The molecule has 0 aliphatic rings. The van der Waals surface area contributed by atoms with Gasteiger partial charge in [0, 0.05) is 0 Å². The van der Waals surface area contributed by atoms with Gasteiger partial charge in [0.2, 0.25) is 0 Å². The summed E-state index contributed by atoms with van der Waals surface area (Å²) in [7, 11) is 0. The Balaban J connectivity index is 2.45. The second-order valence-electron chi connectivity index (χ2n) is 4.00. The van der Waals surface area contributed by atoms with Crippen LogP contribution in [0, 0.1) is 5.82 Å². The molecule has 5 heteroatoms. The van der Waals surface area contributed by atoms with E-state index >= 15 is 0 Å². The molecule has 0 radical (unpaired) electrons. The van der Waals surface area contributed by atoms with Gasteiger partial charge in [-0.25, -0.2) is 9.18 Å². The molecule has 0 amide bonds. The topological polar surface area (TPSA) is 37.3 Å². The largest absolute Gasteiger partial charge is 0.478 e. The van der Waals surface area contributed by atoms with Gasteiger partial charge in [-0.1, -0.05) is 35.3 Å². The molecule has 0 saturated heterocycles. The van der Waals surface area contributed by atoms with E-state index in [2.05, 4.69) is 0 Å². The summed E-state index contributed by atoms with van der Waals surface area (Å²) in [4.78, 5) is 11.1. The number of aromatic carboxylic acids is 1. The molecule has 0 heterocycles. The molecule has 2 aromatic carbocycles. The van der Waals surface area contributed by atoms with Gasteiger partial charge in [-0.05, 0) is 41.8 Å².